The van der Waals surface area contributed by atoms with Crippen LogP contribution in [0, 0.1) is 0 Å². The largest absolute Gasteiger partial charge is 0.384 e. The molecule has 20 heavy (non-hydrogen) atoms. The molecular formula is C12H14Cl2N2O3S. The second-order valence-corrected chi connectivity index (χ2v) is 6.82. The Balaban J connectivity index is 1.99. The molecule has 0 saturated carbocycles. The van der Waals surface area contributed by atoms with E-state index in [0.29, 0.717) is 40.4 Å². The maximum Gasteiger partial charge on any atom is 0.256 e. The number of piperazine rings is 1. The predicted molar refractivity (Wildman–Crippen MR) is 78.5 cm³/mol. The van der Waals surface area contributed by atoms with Crippen LogP contribution in [0.4, 0.5) is 0 Å². The van der Waals surface area contributed by atoms with E-state index in [1.54, 1.807) is 15.9 Å². The van der Waals surface area contributed by atoms with Crippen LogP contribution in [0.1, 0.15) is 17.3 Å². The second-order valence-electron chi connectivity index (χ2n) is 4.53. The van der Waals surface area contributed by atoms with E-state index in [4.69, 9.17) is 23.2 Å². The number of nitrogens with zero attached hydrogens (tertiary/aromatic N) is 2. The second kappa shape index (κ2) is 6.30. The number of thiophene rings is 1. The van der Waals surface area contributed by atoms with E-state index in [1.165, 1.54) is 6.92 Å². The smallest absolute Gasteiger partial charge is 0.256 e. The molecule has 0 bridgehead atoms. The molecule has 0 aromatic carbocycles. The maximum atomic E-state index is 12.3. The molecule has 2 heterocycles. The summed E-state index contributed by atoms with van der Waals surface area (Å²) < 4.78 is 0.851. The number of carbonyl (C=O) groups is 2. The highest BCUT2D eigenvalue weighted by atomic mass is 35.5. The number of halogens is 2. The Morgan fingerprint density at radius 3 is 2.25 bits per heavy atom. The molecule has 1 aliphatic heterocycles. The van der Waals surface area contributed by atoms with Crippen LogP contribution < -0.4 is 0 Å². The lowest BCUT2D eigenvalue weighted by atomic mass is 10.2. The molecule has 0 radical (unpaired) electrons. The number of hydrogen-bond acceptors (Lipinski definition) is 4. The van der Waals surface area contributed by atoms with Gasteiger partial charge in [-0.25, -0.2) is 0 Å². The average molecular weight is 337 g/mol. The molecule has 1 aliphatic rings. The molecule has 5 nitrogen and oxygen atoms in total. The van der Waals surface area contributed by atoms with Gasteiger partial charge in [0.2, 0.25) is 0 Å². The first-order chi connectivity index (χ1) is 9.40. The minimum absolute atomic E-state index is 0.178. The monoisotopic (exact) mass is 336 g/mol. The summed E-state index contributed by atoms with van der Waals surface area (Å²) in [4.78, 5) is 27.1. The molecule has 0 aliphatic carbocycles. The highest BCUT2D eigenvalue weighted by Gasteiger charge is 2.28. The Kier molecular flexibility index (Phi) is 4.90. The van der Waals surface area contributed by atoms with Gasteiger partial charge in [-0.05, 0) is 13.0 Å². The third kappa shape index (κ3) is 3.25. The van der Waals surface area contributed by atoms with Gasteiger partial charge in [-0.2, -0.15) is 0 Å². The van der Waals surface area contributed by atoms with Crippen LogP contribution in [0.2, 0.25) is 8.67 Å². The molecular weight excluding hydrogens is 323 g/mol. The van der Waals surface area contributed by atoms with Crippen molar-refractivity contribution in [2.75, 3.05) is 26.2 Å². The van der Waals surface area contributed by atoms with Crippen molar-refractivity contribution in [3.05, 3.63) is 20.3 Å². The van der Waals surface area contributed by atoms with Crippen LogP contribution in [0.25, 0.3) is 0 Å². The lowest BCUT2D eigenvalue weighted by molar-refractivity contribution is -0.140. The van der Waals surface area contributed by atoms with E-state index in [0.717, 1.165) is 11.3 Å². The molecule has 0 spiro atoms. The summed E-state index contributed by atoms with van der Waals surface area (Å²) in [7, 11) is 0. The average Bonchev–Trinajstić information content (AvgIpc) is 2.76. The van der Waals surface area contributed by atoms with Crippen LogP contribution in [0.3, 0.4) is 0 Å². The normalized spacial score (nSPS) is 17.2. The van der Waals surface area contributed by atoms with Gasteiger partial charge in [0.05, 0.1) is 9.90 Å². The summed E-state index contributed by atoms with van der Waals surface area (Å²) in [5, 5.41) is 9.26. The summed E-state index contributed by atoms with van der Waals surface area (Å²) in [6, 6.07) is 1.56. The zero-order valence-electron chi connectivity index (χ0n) is 10.8. The topological polar surface area (TPSA) is 60.9 Å². The molecule has 1 fully saturated rings. The fraction of sp³-hybridized carbons (Fsp3) is 0.500. The minimum Gasteiger partial charge on any atom is -0.384 e. The Morgan fingerprint density at radius 2 is 1.80 bits per heavy atom. The summed E-state index contributed by atoms with van der Waals surface area (Å²) in [5.41, 5.74) is 0.400. The third-order valence-electron chi connectivity index (χ3n) is 3.12. The van der Waals surface area contributed by atoms with Gasteiger partial charge in [-0.15, -0.1) is 11.3 Å². The molecule has 1 saturated heterocycles. The lowest BCUT2D eigenvalue weighted by Gasteiger charge is -2.35. The van der Waals surface area contributed by atoms with E-state index in [2.05, 4.69) is 0 Å². The molecule has 1 unspecified atom stereocenters. The zero-order chi connectivity index (χ0) is 14.9. The number of carbonyl (C=O) groups excluding carboxylic acids is 2. The maximum absolute atomic E-state index is 12.3. The van der Waals surface area contributed by atoms with Gasteiger partial charge in [0.25, 0.3) is 11.8 Å². The van der Waals surface area contributed by atoms with E-state index >= 15 is 0 Å². The van der Waals surface area contributed by atoms with Gasteiger partial charge >= 0.3 is 0 Å². The summed E-state index contributed by atoms with van der Waals surface area (Å²) in [6.45, 7) is 3.09. The van der Waals surface area contributed by atoms with Crippen molar-refractivity contribution in [1.29, 1.82) is 0 Å². The first-order valence-corrected chi connectivity index (χ1v) is 7.68. The molecule has 1 atom stereocenters. The van der Waals surface area contributed by atoms with Gasteiger partial charge in [-0.3, -0.25) is 9.59 Å². The molecule has 1 aromatic rings. The van der Waals surface area contributed by atoms with Crippen molar-refractivity contribution in [3.63, 3.8) is 0 Å². The van der Waals surface area contributed by atoms with Gasteiger partial charge in [0.1, 0.15) is 10.4 Å². The highest BCUT2D eigenvalue weighted by molar-refractivity contribution is 7.20. The quantitative estimate of drug-likeness (QED) is 0.894. The Bertz CT molecular complexity index is 525. The molecule has 1 aromatic heterocycles. The third-order valence-corrected chi connectivity index (χ3v) is 4.61. The van der Waals surface area contributed by atoms with Crippen molar-refractivity contribution in [1.82, 2.24) is 9.80 Å². The summed E-state index contributed by atoms with van der Waals surface area (Å²) in [5.74, 6) is -0.490. The van der Waals surface area contributed by atoms with Gasteiger partial charge in [0, 0.05) is 26.2 Å². The number of aliphatic hydroxyl groups is 1. The first kappa shape index (κ1) is 15.6. The molecule has 2 amide bonds. The lowest BCUT2D eigenvalue weighted by Crippen LogP contribution is -2.52. The highest BCUT2D eigenvalue weighted by Crippen LogP contribution is 2.32. The Morgan fingerprint density at radius 1 is 1.25 bits per heavy atom. The van der Waals surface area contributed by atoms with Crippen LogP contribution in [0.15, 0.2) is 6.07 Å². The fourth-order valence-corrected chi connectivity index (χ4v) is 3.50. The first-order valence-electron chi connectivity index (χ1n) is 6.11. The van der Waals surface area contributed by atoms with Crippen LogP contribution in [-0.4, -0.2) is 59.0 Å². The molecule has 1 N–H and O–H groups in total. The van der Waals surface area contributed by atoms with Crippen molar-refractivity contribution in [2.24, 2.45) is 0 Å². The summed E-state index contributed by atoms with van der Waals surface area (Å²) >= 11 is 13.0. The zero-order valence-corrected chi connectivity index (χ0v) is 13.1. The molecule has 8 heteroatoms. The predicted octanol–water partition coefficient (Wildman–Crippen LogP) is 1.72. The van der Waals surface area contributed by atoms with Crippen molar-refractivity contribution < 1.29 is 14.7 Å². The van der Waals surface area contributed by atoms with Crippen molar-refractivity contribution in [3.8, 4) is 0 Å². The van der Waals surface area contributed by atoms with Crippen LogP contribution in [-0.2, 0) is 4.79 Å². The van der Waals surface area contributed by atoms with E-state index in [-0.39, 0.29) is 11.8 Å². The number of aliphatic hydroxyl groups excluding tert-OH is 1. The minimum atomic E-state index is -1.01. The molecule has 2 rings (SSSR count). The van der Waals surface area contributed by atoms with Crippen molar-refractivity contribution in [2.45, 2.75) is 13.0 Å². The van der Waals surface area contributed by atoms with E-state index < -0.39 is 6.10 Å². The van der Waals surface area contributed by atoms with Crippen molar-refractivity contribution >= 4 is 46.4 Å². The van der Waals surface area contributed by atoms with E-state index in [9.17, 15) is 14.7 Å². The fourth-order valence-electron chi connectivity index (χ4n) is 2.05. The Labute approximate surface area is 130 Å². The summed E-state index contributed by atoms with van der Waals surface area (Å²) in [6.07, 6.45) is -1.01. The SMILES string of the molecule is CC(O)C(=O)N1CCN(C(=O)c2cc(Cl)sc2Cl)CC1. The number of rotatable bonds is 2. The number of amides is 2. The van der Waals surface area contributed by atoms with Gasteiger partial charge in [-0.1, -0.05) is 23.2 Å². The van der Waals surface area contributed by atoms with Crippen LogP contribution >= 0.6 is 34.5 Å². The van der Waals surface area contributed by atoms with Gasteiger partial charge in [0.15, 0.2) is 0 Å². The van der Waals surface area contributed by atoms with Gasteiger partial charge < -0.3 is 14.9 Å². The van der Waals surface area contributed by atoms with Crippen LogP contribution in [0.5, 0.6) is 0 Å². The molecule has 110 valence electrons. The number of hydrogen-bond donors (Lipinski definition) is 1. The van der Waals surface area contributed by atoms with E-state index in [1.807, 2.05) is 0 Å². The standard InChI is InChI=1S/C12H14Cl2N2O3S/c1-7(17)11(18)15-2-4-16(5-3-15)12(19)8-6-9(13)20-10(8)14/h6-7,17H,2-5H2,1H3. The Hall–Kier alpha value is -0.820.